The van der Waals surface area contributed by atoms with Gasteiger partial charge in [0, 0.05) is 19.0 Å². The van der Waals surface area contributed by atoms with Gasteiger partial charge in [-0.2, -0.15) is 4.31 Å². The van der Waals surface area contributed by atoms with Gasteiger partial charge < -0.3 is 10.1 Å². The minimum absolute atomic E-state index is 0.0422. The van der Waals surface area contributed by atoms with E-state index >= 15 is 0 Å². The molecule has 3 rings (SSSR count). The third kappa shape index (κ3) is 3.72. The first kappa shape index (κ1) is 17.2. The number of methoxy groups -OCH3 is 1. The van der Waals surface area contributed by atoms with Crippen LogP contribution in [0.3, 0.4) is 0 Å². The summed E-state index contributed by atoms with van der Waals surface area (Å²) >= 11 is 0. The van der Waals surface area contributed by atoms with Gasteiger partial charge in [0.2, 0.25) is 15.9 Å². The lowest BCUT2D eigenvalue weighted by atomic mass is 10.2. The fourth-order valence-electron chi connectivity index (χ4n) is 2.96. The Morgan fingerprint density at radius 2 is 1.83 bits per heavy atom. The SMILES string of the molecule is COc1ccc(S(=O)(=O)N2CCCCCC2)cc1NC(=O)C1CC1. The molecule has 132 valence electrons. The van der Waals surface area contributed by atoms with Crippen LogP contribution in [-0.4, -0.2) is 38.8 Å². The van der Waals surface area contributed by atoms with Crippen LogP contribution in [0.2, 0.25) is 0 Å². The van der Waals surface area contributed by atoms with Crippen molar-refractivity contribution in [2.45, 2.75) is 43.4 Å². The van der Waals surface area contributed by atoms with Crippen molar-refractivity contribution < 1.29 is 17.9 Å². The number of carbonyl (C=O) groups excluding carboxylic acids is 1. The third-order valence-corrected chi connectivity index (χ3v) is 6.47. The van der Waals surface area contributed by atoms with Crippen LogP contribution in [-0.2, 0) is 14.8 Å². The van der Waals surface area contributed by atoms with Crippen molar-refractivity contribution in [2.24, 2.45) is 5.92 Å². The standard InChI is InChI=1S/C17H24N2O4S/c1-23-16-9-8-14(12-15(16)18-17(20)13-6-7-13)24(21,22)19-10-4-2-3-5-11-19/h8-9,12-13H,2-7,10-11H2,1H3,(H,18,20). The van der Waals surface area contributed by atoms with Crippen molar-refractivity contribution in [3.8, 4) is 5.75 Å². The quantitative estimate of drug-likeness (QED) is 0.884. The molecule has 0 bridgehead atoms. The largest absolute Gasteiger partial charge is 0.495 e. The molecular formula is C17H24N2O4S. The van der Waals surface area contributed by atoms with Crippen LogP contribution < -0.4 is 10.1 Å². The number of amides is 1. The summed E-state index contributed by atoms with van der Waals surface area (Å²) in [4.78, 5) is 12.2. The van der Waals surface area contributed by atoms with E-state index in [9.17, 15) is 13.2 Å². The summed E-state index contributed by atoms with van der Waals surface area (Å²) in [5, 5.41) is 2.80. The van der Waals surface area contributed by atoms with E-state index in [1.165, 1.54) is 13.2 Å². The van der Waals surface area contributed by atoms with E-state index in [2.05, 4.69) is 5.32 Å². The number of nitrogens with one attached hydrogen (secondary N) is 1. The zero-order chi connectivity index (χ0) is 17.2. The molecule has 2 aliphatic rings. The zero-order valence-corrected chi connectivity index (χ0v) is 14.8. The van der Waals surface area contributed by atoms with Crippen molar-refractivity contribution >= 4 is 21.6 Å². The monoisotopic (exact) mass is 352 g/mol. The number of hydrogen-bond acceptors (Lipinski definition) is 4. The molecule has 0 aromatic heterocycles. The van der Waals surface area contributed by atoms with E-state index in [0.717, 1.165) is 38.5 Å². The predicted octanol–water partition coefficient (Wildman–Crippen LogP) is 2.61. The summed E-state index contributed by atoms with van der Waals surface area (Å²) in [5.74, 6) is 0.442. The molecule has 1 N–H and O–H groups in total. The van der Waals surface area contributed by atoms with E-state index in [4.69, 9.17) is 4.74 Å². The Morgan fingerprint density at radius 3 is 2.42 bits per heavy atom. The lowest BCUT2D eigenvalue weighted by Crippen LogP contribution is -2.32. The zero-order valence-electron chi connectivity index (χ0n) is 14.0. The predicted molar refractivity (Wildman–Crippen MR) is 91.6 cm³/mol. The molecule has 1 saturated heterocycles. The van der Waals surface area contributed by atoms with Crippen LogP contribution in [0.15, 0.2) is 23.1 Å². The molecule has 0 unspecified atom stereocenters. The maximum absolute atomic E-state index is 12.9. The van der Waals surface area contributed by atoms with Crippen LogP contribution in [0, 0.1) is 5.92 Å². The van der Waals surface area contributed by atoms with Gasteiger partial charge in [-0.05, 0) is 43.9 Å². The molecular weight excluding hydrogens is 328 g/mol. The molecule has 7 heteroatoms. The second kappa shape index (κ2) is 7.11. The lowest BCUT2D eigenvalue weighted by Gasteiger charge is -2.21. The number of sulfonamides is 1. The van der Waals surface area contributed by atoms with Gasteiger partial charge in [-0.25, -0.2) is 8.42 Å². The Kier molecular flexibility index (Phi) is 5.10. The number of hydrogen-bond donors (Lipinski definition) is 1. The number of anilines is 1. The average molecular weight is 352 g/mol. The van der Waals surface area contributed by atoms with Gasteiger partial charge in [-0.15, -0.1) is 0 Å². The molecule has 0 atom stereocenters. The van der Waals surface area contributed by atoms with Crippen molar-refractivity contribution in [1.82, 2.24) is 4.31 Å². The van der Waals surface area contributed by atoms with Crippen molar-refractivity contribution in [3.63, 3.8) is 0 Å². The molecule has 1 saturated carbocycles. The van der Waals surface area contributed by atoms with E-state index in [-0.39, 0.29) is 16.7 Å². The van der Waals surface area contributed by atoms with Crippen molar-refractivity contribution in [1.29, 1.82) is 0 Å². The highest BCUT2D eigenvalue weighted by Crippen LogP contribution is 2.34. The lowest BCUT2D eigenvalue weighted by molar-refractivity contribution is -0.117. The Hall–Kier alpha value is -1.60. The first-order chi connectivity index (χ1) is 11.5. The van der Waals surface area contributed by atoms with Gasteiger partial charge in [0.25, 0.3) is 0 Å². The summed E-state index contributed by atoms with van der Waals surface area (Å²) in [5.41, 5.74) is 0.422. The van der Waals surface area contributed by atoms with Gasteiger partial charge in [0.05, 0.1) is 17.7 Å². The normalized spacial score (nSPS) is 19.5. The molecule has 1 aromatic rings. The molecule has 24 heavy (non-hydrogen) atoms. The van der Waals surface area contributed by atoms with Gasteiger partial charge in [0.15, 0.2) is 0 Å². The molecule has 0 radical (unpaired) electrons. The molecule has 1 aromatic carbocycles. The Bertz CT molecular complexity index is 705. The third-order valence-electron chi connectivity index (χ3n) is 4.58. The average Bonchev–Trinajstić information content (AvgIpc) is 3.41. The summed E-state index contributed by atoms with van der Waals surface area (Å²) in [6.07, 6.45) is 5.69. The van der Waals surface area contributed by atoms with Crippen molar-refractivity contribution in [3.05, 3.63) is 18.2 Å². The molecule has 2 fully saturated rings. The Morgan fingerprint density at radius 1 is 1.17 bits per heavy atom. The highest BCUT2D eigenvalue weighted by atomic mass is 32.2. The van der Waals surface area contributed by atoms with E-state index in [0.29, 0.717) is 24.5 Å². The first-order valence-corrected chi connectivity index (χ1v) is 9.95. The van der Waals surface area contributed by atoms with Gasteiger partial charge in [-0.1, -0.05) is 12.8 Å². The highest BCUT2D eigenvalue weighted by molar-refractivity contribution is 7.89. The fraction of sp³-hybridized carbons (Fsp3) is 0.588. The first-order valence-electron chi connectivity index (χ1n) is 8.51. The minimum Gasteiger partial charge on any atom is -0.495 e. The van der Waals surface area contributed by atoms with Crippen LogP contribution in [0.1, 0.15) is 38.5 Å². The molecule has 0 spiro atoms. The van der Waals surface area contributed by atoms with Gasteiger partial charge >= 0.3 is 0 Å². The minimum atomic E-state index is -3.55. The van der Waals surface area contributed by atoms with E-state index < -0.39 is 10.0 Å². The number of rotatable bonds is 5. The second-order valence-electron chi connectivity index (χ2n) is 6.44. The molecule has 1 aliphatic carbocycles. The van der Waals surface area contributed by atoms with Gasteiger partial charge in [-0.3, -0.25) is 4.79 Å². The molecule has 1 amide bonds. The van der Waals surface area contributed by atoms with Gasteiger partial charge in [0.1, 0.15) is 5.75 Å². The molecule has 1 heterocycles. The highest BCUT2D eigenvalue weighted by Gasteiger charge is 2.31. The Labute approximate surface area is 143 Å². The van der Waals surface area contributed by atoms with Crippen LogP contribution in [0.25, 0.3) is 0 Å². The topological polar surface area (TPSA) is 75.7 Å². The summed E-state index contributed by atoms with van der Waals surface area (Å²) in [7, 11) is -2.04. The number of benzene rings is 1. The number of carbonyl (C=O) groups is 1. The summed E-state index contributed by atoms with van der Waals surface area (Å²) in [6, 6.07) is 4.67. The Balaban J connectivity index is 1.87. The number of ether oxygens (including phenoxy) is 1. The number of nitrogens with zero attached hydrogens (tertiary/aromatic N) is 1. The second-order valence-corrected chi connectivity index (χ2v) is 8.38. The van der Waals surface area contributed by atoms with Crippen LogP contribution >= 0.6 is 0 Å². The summed E-state index contributed by atoms with van der Waals surface area (Å²) in [6.45, 7) is 1.11. The van der Waals surface area contributed by atoms with Crippen LogP contribution in [0.4, 0.5) is 5.69 Å². The van der Waals surface area contributed by atoms with Crippen molar-refractivity contribution in [2.75, 3.05) is 25.5 Å². The maximum Gasteiger partial charge on any atom is 0.243 e. The molecule has 1 aliphatic heterocycles. The molecule has 6 nitrogen and oxygen atoms in total. The smallest absolute Gasteiger partial charge is 0.243 e. The van der Waals surface area contributed by atoms with E-state index in [1.54, 1.807) is 16.4 Å². The maximum atomic E-state index is 12.9. The van der Waals surface area contributed by atoms with Crippen LogP contribution in [0.5, 0.6) is 5.75 Å². The summed E-state index contributed by atoms with van der Waals surface area (Å²) < 4.78 is 32.6. The van der Waals surface area contributed by atoms with E-state index in [1.807, 2.05) is 0 Å². The fourth-order valence-corrected chi connectivity index (χ4v) is 4.50.